The first kappa shape index (κ1) is 18.1. The van der Waals surface area contributed by atoms with E-state index in [4.69, 9.17) is 0 Å². The Morgan fingerprint density at radius 1 is 1.18 bits per heavy atom. The second-order valence-electron chi connectivity index (χ2n) is 7.54. The minimum atomic E-state index is -0.981. The van der Waals surface area contributed by atoms with Crippen LogP contribution in [-0.4, -0.2) is 28.1 Å². The van der Waals surface area contributed by atoms with Gasteiger partial charge in [-0.2, -0.15) is 5.26 Å². The number of hydrogen-bond donors (Lipinski definition) is 0. The fourth-order valence-corrected chi connectivity index (χ4v) is 4.67. The van der Waals surface area contributed by atoms with Crippen molar-refractivity contribution in [1.29, 1.82) is 5.26 Å². The molecule has 5 heteroatoms. The van der Waals surface area contributed by atoms with Gasteiger partial charge in [-0.1, -0.05) is 37.3 Å². The summed E-state index contributed by atoms with van der Waals surface area (Å²) in [5.74, 6) is -0.721. The second-order valence-corrected chi connectivity index (χ2v) is 7.54. The number of nitrogens with zero attached hydrogens (tertiary/aromatic N) is 3. The maximum Gasteiger partial charge on any atom is 0.237 e. The van der Waals surface area contributed by atoms with Crippen molar-refractivity contribution in [3.8, 4) is 6.07 Å². The van der Waals surface area contributed by atoms with Crippen molar-refractivity contribution in [1.82, 2.24) is 9.88 Å². The summed E-state index contributed by atoms with van der Waals surface area (Å²) in [5, 5.41) is 9.55. The highest BCUT2D eigenvalue weighted by molar-refractivity contribution is 6.06. The van der Waals surface area contributed by atoms with Gasteiger partial charge < -0.3 is 4.90 Å². The van der Waals surface area contributed by atoms with Crippen molar-refractivity contribution in [3.63, 3.8) is 0 Å². The van der Waals surface area contributed by atoms with Crippen molar-refractivity contribution in [2.45, 2.75) is 25.3 Å². The molecular weight excluding hydrogens is 350 g/mol. The number of likely N-dealkylation sites (tertiary alicyclic amines) is 1. The molecule has 0 N–H and O–H groups in total. The number of carbonyl (C=O) groups is 2. The first-order valence-electron chi connectivity index (χ1n) is 9.49. The largest absolute Gasteiger partial charge is 0.337 e. The third kappa shape index (κ3) is 2.73. The van der Waals surface area contributed by atoms with Crippen LogP contribution in [0.15, 0.2) is 66.5 Å². The molecule has 1 aromatic carbocycles. The lowest BCUT2D eigenvalue weighted by atomic mass is 9.57. The van der Waals surface area contributed by atoms with Gasteiger partial charge in [0.1, 0.15) is 6.07 Å². The quantitative estimate of drug-likeness (QED) is 0.831. The molecule has 3 atom stereocenters. The average Bonchev–Trinajstić information content (AvgIpc) is 2.74. The van der Waals surface area contributed by atoms with Crippen LogP contribution in [0.1, 0.15) is 24.5 Å². The molecule has 2 aromatic rings. The monoisotopic (exact) mass is 371 g/mol. The normalized spacial score (nSPS) is 27.0. The first-order valence-corrected chi connectivity index (χ1v) is 9.49. The number of Topliss-reactive ketones (excluding diaryl/α,β-unsaturated/α-hetero) is 1. The Morgan fingerprint density at radius 3 is 2.57 bits per heavy atom. The van der Waals surface area contributed by atoms with Crippen LogP contribution in [0.2, 0.25) is 0 Å². The fourth-order valence-electron chi connectivity index (χ4n) is 4.67. The lowest BCUT2D eigenvalue weighted by molar-refractivity contribution is -0.145. The molecule has 2 heterocycles. The molecule has 0 unspecified atom stereocenters. The Hall–Kier alpha value is -3.26. The number of nitriles is 1. The van der Waals surface area contributed by atoms with Gasteiger partial charge in [-0.05, 0) is 41.7 Å². The number of amides is 1. The third-order valence-electron chi connectivity index (χ3n) is 6.09. The van der Waals surface area contributed by atoms with Crippen LogP contribution in [0.3, 0.4) is 0 Å². The first-order chi connectivity index (χ1) is 13.6. The van der Waals surface area contributed by atoms with Crippen molar-refractivity contribution >= 4 is 11.7 Å². The number of carbonyl (C=O) groups excluding carboxylic acids is 2. The maximum atomic E-state index is 13.8. The molecule has 1 aliphatic carbocycles. The van der Waals surface area contributed by atoms with Gasteiger partial charge in [0.15, 0.2) is 5.78 Å². The van der Waals surface area contributed by atoms with Crippen molar-refractivity contribution < 1.29 is 9.59 Å². The number of hydrogen-bond acceptors (Lipinski definition) is 4. The number of aromatic nitrogens is 1. The molecule has 2 aliphatic rings. The molecular formula is C23H21N3O2. The number of ketones is 1. The summed E-state index contributed by atoms with van der Waals surface area (Å²) in [4.78, 5) is 32.4. The van der Waals surface area contributed by atoms with Crippen LogP contribution >= 0.6 is 0 Å². The number of benzene rings is 1. The lowest BCUT2D eigenvalue weighted by Crippen LogP contribution is -2.59. The highest BCUT2D eigenvalue weighted by Gasteiger charge is 2.56. The number of rotatable bonds is 3. The minimum Gasteiger partial charge on any atom is -0.337 e. The lowest BCUT2D eigenvalue weighted by Gasteiger charge is -2.49. The summed E-state index contributed by atoms with van der Waals surface area (Å²) in [6.07, 6.45) is 5.79. The zero-order valence-electron chi connectivity index (χ0n) is 15.7. The summed E-state index contributed by atoms with van der Waals surface area (Å²) in [5.41, 5.74) is 0.961. The van der Waals surface area contributed by atoms with Gasteiger partial charge >= 0.3 is 0 Å². The van der Waals surface area contributed by atoms with Crippen LogP contribution in [-0.2, 0) is 21.5 Å². The SMILES string of the molecule is C[C@@H]1C(=O)C(C#N)=C[C@]2(c3ccccc3)C(=O)N(Cc3ccncc3)CC[C@@H]12. The van der Waals surface area contributed by atoms with Crippen LogP contribution in [0, 0.1) is 23.2 Å². The highest BCUT2D eigenvalue weighted by atomic mass is 16.2. The van der Waals surface area contributed by atoms with Gasteiger partial charge in [-0.15, -0.1) is 0 Å². The third-order valence-corrected chi connectivity index (χ3v) is 6.09. The molecule has 0 bridgehead atoms. The zero-order chi connectivity index (χ0) is 19.7. The number of allylic oxidation sites excluding steroid dienone is 1. The molecule has 28 heavy (non-hydrogen) atoms. The van der Waals surface area contributed by atoms with E-state index in [0.29, 0.717) is 19.5 Å². The van der Waals surface area contributed by atoms with E-state index in [0.717, 1.165) is 11.1 Å². The number of pyridine rings is 1. The topological polar surface area (TPSA) is 74.1 Å². The summed E-state index contributed by atoms with van der Waals surface area (Å²) in [7, 11) is 0. The Balaban J connectivity index is 1.84. The van der Waals surface area contributed by atoms with E-state index in [2.05, 4.69) is 4.98 Å². The minimum absolute atomic E-state index is 0.0427. The molecule has 1 aliphatic heterocycles. The molecule has 1 amide bonds. The molecule has 0 saturated carbocycles. The van der Waals surface area contributed by atoms with Gasteiger partial charge in [0.05, 0.1) is 11.0 Å². The Kier molecular flexibility index (Phi) is 4.56. The van der Waals surface area contributed by atoms with Crippen LogP contribution in [0.4, 0.5) is 0 Å². The van der Waals surface area contributed by atoms with E-state index >= 15 is 0 Å². The summed E-state index contributed by atoms with van der Waals surface area (Å²) in [6.45, 7) is 2.93. The molecule has 140 valence electrons. The van der Waals surface area contributed by atoms with E-state index < -0.39 is 5.41 Å². The van der Waals surface area contributed by atoms with E-state index in [1.54, 1.807) is 18.5 Å². The Bertz CT molecular complexity index is 978. The van der Waals surface area contributed by atoms with E-state index in [-0.39, 0.29) is 29.1 Å². The highest BCUT2D eigenvalue weighted by Crippen LogP contribution is 2.49. The summed E-state index contributed by atoms with van der Waals surface area (Å²) in [6, 6.07) is 15.4. The predicted octanol–water partition coefficient (Wildman–Crippen LogP) is 3.04. The molecule has 5 nitrogen and oxygen atoms in total. The summed E-state index contributed by atoms with van der Waals surface area (Å²) >= 11 is 0. The zero-order valence-corrected chi connectivity index (χ0v) is 15.7. The Labute approximate surface area is 164 Å². The van der Waals surface area contributed by atoms with E-state index in [1.165, 1.54) is 0 Å². The van der Waals surface area contributed by atoms with Gasteiger partial charge in [0.25, 0.3) is 0 Å². The molecule has 4 rings (SSSR count). The predicted molar refractivity (Wildman–Crippen MR) is 104 cm³/mol. The maximum absolute atomic E-state index is 13.8. The van der Waals surface area contributed by atoms with Crippen molar-refractivity contribution in [3.05, 3.63) is 77.6 Å². The Morgan fingerprint density at radius 2 is 1.89 bits per heavy atom. The van der Waals surface area contributed by atoms with Crippen molar-refractivity contribution in [2.24, 2.45) is 11.8 Å². The van der Waals surface area contributed by atoms with Crippen LogP contribution in [0.5, 0.6) is 0 Å². The summed E-state index contributed by atoms with van der Waals surface area (Å²) < 4.78 is 0. The molecule has 1 fully saturated rings. The standard InChI is InChI=1S/C23H21N3O2/c1-16-20-9-12-26(15-17-7-10-25-11-8-17)22(28)23(20,13-18(14-24)21(16)27)19-5-3-2-4-6-19/h2-8,10-11,13,16,20H,9,12,15H2,1H3/t16-,20-,23+/m0/s1. The number of fused-ring (bicyclic) bond motifs is 1. The average molecular weight is 371 g/mol. The van der Waals surface area contributed by atoms with Crippen LogP contribution < -0.4 is 0 Å². The molecule has 1 aromatic heterocycles. The van der Waals surface area contributed by atoms with Gasteiger partial charge in [0, 0.05) is 31.4 Å². The van der Waals surface area contributed by atoms with Gasteiger partial charge in [-0.3, -0.25) is 14.6 Å². The number of piperidine rings is 1. The van der Waals surface area contributed by atoms with Crippen LogP contribution in [0.25, 0.3) is 0 Å². The fraction of sp³-hybridized carbons (Fsp3) is 0.304. The smallest absolute Gasteiger partial charge is 0.237 e. The molecule has 0 radical (unpaired) electrons. The molecule has 1 saturated heterocycles. The van der Waals surface area contributed by atoms with Crippen molar-refractivity contribution in [2.75, 3.05) is 6.54 Å². The second kappa shape index (κ2) is 7.05. The van der Waals surface area contributed by atoms with Gasteiger partial charge in [0.2, 0.25) is 5.91 Å². The van der Waals surface area contributed by atoms with E-state index in [9.17, 15) is 14.9 Å². The van der Waals surface area contributed by atoms with E-state index in [1.807, 2.05) is 60.4 Å². The van der Waals surface area contributed by atoms with Gasteiger partial charge in [-0.25, -0.2) is 0 Å². The molecule has 0 spiro atoms.